The number of nitrogens with one attached hydrogen (secondary N) is 1. The molecule has 1 heterocycles. The van der Waals surface area contributed by atoms with Gasteiger partial charge in [0.25, 0.3) is 0 Å². The Kier molecular flexibility index (Phi) is 6.17. The minimum atomic E-state index is 0.147. The summed E-state index contributed by atoms with van der Waals surface area (Å²) >= 11 is 0. The van der Waals surface area contributed by atoms with Gasteiger partial charge in [0.2, 0.25) is 0 Å². The second kappa shape index (κ2) is 7.94. The SMILES string of the molecule is C=C/C(=C\C(NC)c1ccc(C)nc1)C(CC)C(C)(C=C)C1CC1. The minimum absolute atomic E-state index is 0.147. The second-order valence-corrected chi connectivity index (χ2v) is 7.18. The molecular formula is C22H32N2. The van der Waals surface area contributed by atoms with Gasteiger partial charge in [0.1, 0.15) is 0 Å². The first-order valence-electron chi connectivity index (χ1n) is 9.07. The maximum atomic E-state index is 4.44. The van der Waals surface area contributed by atoms with E-state index in [4.69, 9.17) is 0 Å². The third-order valence-electron chi connectivity index (χ3n) is 5.66. The fraction of sp³-hybridized carbons (Fsp3) is 0.500. The molecule has 1 aromatic rings. The highest BCUT2D eigenvalue weighted by molar-refractivity contribution is 5.31. The molecular weight excluding hydrogens is 292 g/mol. The van der Waals surface area contributed by atoms with Crippen LogP contribution in [-0.2, 0) is 0 Å². The van der Waals surface area contributed by atoms with Gasteiger partial charge in [-0.2, -0.15) is 0 Å². The summed E-state index contributed by atoms with van der Waals surface area (Å²) in [5, 5.41) is 3.41. The fourth-order valence-corrected chi connectivity index (χ4v) is 3.86. The molecule has 2 rings (SSSR count). The van der Waals surface area contributed by atoms with E-state index >= 15 is 0 Å². The molecule has 0 saturated heterocycles. The number of rotatable bonds is 9. The third-order valence-corrected chi connectivity index (χ3v) is 5.66. The van der Waals surface area contributed by atoms with Crippen molar-refractivity contribution in [1.82, 2.24) is 10.3 Å². The van der Waals surface area contributed by atoms with Gasteiger partial charge in [-0.1, -0.05) is 44.7 Å². The van der Waals surface area contributed by atoms with E-state index in [1.807, 2.05) is 26.2 Å². The number of hydrogen-bond acceptors (Lipinski definition) is 2. The number of pyridine rings is 1. The molecule has 1 saturated carbocycles. The monoisotopic (exact) mass is 324 g/mol. The van der Waals surface area contributed by atoms with E-state index in [1.165, 1.54) is 24.0 Å². The second-order valence-electron chi connectivity index (χ2n) is 7.18. The molecule has 0 bridgehead atoms. The van der Waals surface area contributed by atoms with Gasteiger partial charge in [-0.15, -0.1) is 6.58 Å². The molecule has 0 radical (unpaired) electrons. The van der Waals surface area contributed by atoms with E-state index in [9.17, 15) is 0 Å². The Hall–Kier alpha value is -1.67. The van der Waals surface area contributed by atoms with Gasteiger partial charge in [-0.3, -0.25) is 4.98 Å². The molecule has 1 aromatic heterocycles. The highest BCUT2D eigenvalue weighted by atomic mass is 14.9. The van der Waals surface area contributed by atoms with Crippen molar-refractivity contribution in [3.63, 3.8) is 0 Å². The largest absolute Gasteiger partial charge is 0.310 e. The van der Waals surface area contributed by atoms with E-state index in [0.29, 0.717) is 5.92 Å². The van der Waals surface area contributed by atoms with Crippen LogP contribution in [-0.4, -0.2) is 12.0 Å². The van der Waals surface area contributed by atoms with Crippen LogP contribution in [0.1, 0.15) is 50.4 Å². The van der Waals surface area contributed by atoms with Crippen molar-refractivity contribution in [1.29, 1.82) is 0 Å². The molecule has 1 aliphatic carbocycles. The molecule has 0 amide bonds. The predicted octanol–water partition coefficient (Wildman–Crippen LogP) is 5.39. The zero-order chi connectivity index (χ0) is 17.7. The van der Waals surface area contributed by atoms with Crippen molar-refractivity contribution in [3.05, 3.63) is 66.5 Å². The summed E-state index contributed by atoms with van der Waals surface area (Å²) in [4.78, 5) is 4.44. The first-order valence-corrected chi connectivity index (χ1v) is 9.07. The first kappa shape index (κ1) is 18.7. The zero-order valence-corrected chi connectivity index (χ0v) is 15.7. The lowest BCUT2D eigenvalue weighted by Gasteiger charge is -2.36. The number of aryl methyl sites for hydroxylation is 1. The van der Waals surface area contributed by atoms with Crippen LogP contribution in [0.4, 0.5) is 0 Å². The molecule has 2 nitrogen and oxygen atoms in total. The summed E-state index contributed by atoms with van der Waals surface area (Å²) in [5.74, 6) is 1.21. The van der Waals surface area contributed by atoms with Gasteiger partial charge in [0, 0.05) is 11.9 Å². The maximum Gasteiger partial charge on any atom is 0.0524 e. The van der Waals surface area contributed by atoms with E-state index in [-0.39, 0.29) is 11.5 Å². The smallest absolute Gasteiger partial charge is 0.0524 e. The van der Waals surface area contributed by atoms with Crippen molar-refractivity contribution in [3.8, 4) is 0 Å². The molecule has 0 aromatic carbocycles. The molecule has 3 atom stereocenters. The first-order chi connectivity index (χ1) is 11.5. The molecule has 0 aliphatic heterocycles. The summed E-state index contributed by atoms with van der Waals surface area (Å²) in [6.45, 7) is 14.9. The Morgan fingerprint density at radius 3 is 2.54 bits per heavy atom. The maximum absolute atomic E-state index is 4.44. The van der Waals surface area contributed by atoms with E-state index in [1.54, 1.807) is 0 Å². The molecule has 0 spiro atoms. The number of nitrogens with zero attached hydrogens (tertiary/aromatic N) is 1. The van der Waals surface area contributed by atoms with Gasteiger partial charge in [0.15, 0.2) is 0 Å². The molecule has 1 aliphatic rings. The number of aromatic nitrogens is 1. The molecule has 3 unspecified atom stereocenters. The standard InChI is InChI=1S/C22H32N2/c1-7-17(20(8-2)22(5,9-3)19-12-13-19)14-21(23-6)18-11-10-16(4)24-15-18/h7,9-11,14-15,19-21,23H,1,3,8,12-13H2,2,4-6H3/b17-14+. The van der Waals surface area contributed by atoms with E-state index < -0.39 is 0 Å². The van der Waals surface area contributed by atoms with Crippen molar-refractivity contribution in [2.24, 2.45) is 17.3 Å². The summed E-state index contributed by atoms with van der Waals surface area (Å²) < 4.78 is 0. The van der Waals surface area contributed by atoms with Crippen LogP contribution >= 0.6 is 0 Å². The van der Waals surface area contributed by atoms with Crippen LogP contribution in [0.25, 0.3) is 0 Å². The molecule has 2 heteroatoms. The Morgan fingerprint density at radius 2 is 2.12 bits per heavy atom. The Bertz CT molecular complexity index is 595. The van der Waals surface area contributed by atoms with Crippen LogP contribution in [0.15, 0.2) is 55.3 Å². The Morgan fingerprint density at radius 1 is 1.42 bits per heavy atom. The van der Waals surface area contributed by atoms with Crippen LogP contribution in [0, 0.1) is 24.2 Å². The zero-order valence-electron chi connectivity index (χ0n) is 15.7. The topological polar surface area (TPSA) is 24.9 Å². The van der Waals surface area contributed by atoms with Crippen LogP contribution in [0.3, 0.4) is 0 Å². The summed E-state index contributed by atoms with van der Waals surface area (Å²) in [5.41, 5.74) is 3.69. The summed E-state index contributed by atoms with van der Waals surface area (Å²) in [6, 6.07) is 4.36. The molecule has 24 heavy (non-hydrogen) atoms. The third kappa shape index (κ3) is 3.87. The number of allylic oxidation sites excluding steroid dienone is 3. The molecule has 1 fully saturated rings. The molecule has 130 valence electrons. The van der Waals surface area contributed by atoms with Crippen LogP contribution in [0.5, 0.6) is 0 Å². The van der Waals surface area contributed by atoms with Gasteiger partial charge < -0.3 is 5.32 Å². The molecule has 1 N–H and O–H groups in total. The normalized spacial score (nSPS) is 20.1. The lowest BCUT2D eigenvalue weighted by Crippen LogP contribution is -2.29. The van der Waals surface area contributed by atoms with Crippen molar-refractivity contribution in [2.45, 2.75) is 46.1 Å². The highest BCUT2D eigenvalue weighted by Crippen LogP contribution is 2.53. The Balaban J connectivity index is 2.35. The van der Waals surface area contributed by atoms with Crippen molar-refractivity contribution < 1.29 is 0 Å². The van der Waals surface area contributed by atoms with E-state index in [2.05, 4.69) is 61.6 Å². The Labute approximate surface area is 147 Å². The van der Waals surface area contributed by atoms with Crippen molar-refractivity contribution in [2.75, 3.05) is 7.05 Å². The van der Waals surface area contributed by atoms with Gasteiger partial charge in [-0.05, 0) is 67.7 Å². The van der Waals surface area contributed by atoms with Gasteiger partial charge in [0.05, 0.1) is 6.04 Å². The van der Waals surface area contributed by atoms with Gasteiger partial charge >= 0.3 is 0 Å². The van der Waals surface area contributed by atoms with Gasteiger partial charge in [-0.25, -0.2) is 0 Å². The highest BCUT2D eigenvalue weighted by Gasteiger charge is 2.44. The quantitative estimate of drug-likeness (QED) is 0.486. The summed E-state index contributed by atoms with van der Waals surface area (Å²) in [7, 11) is 2.00. The number of likely N-dealkylation sites (N-methyl/N-ethyl adjacent to an activating group) is 1. The predicted molar refractivity (Wildman–Crippen MR) is 104 cm³/mol. The lowest BCUT2D eigenvalue weighted by atomic mass is 9.68. The van der Waals surface area contributed by atoms with Crippen LogP contribution < -0.4 is 5.32 Å². The van der Waals surface area contributed by atoms with Crippen LogP contribution in [0.2, 0.25) is 0 Å². The lowest BCUT2D eigenvalue weighted by molar-refractivity contribution is 0.248. The fourth-order valence-electron chi connectivity index (χ4n) is 3.86. The average molecular weight is 325 g/mol. The minimum Gasteiger partial charge on any atom is -0.310 e. The number of hydrogen-bond donors (Lipinski definition) is 1. The summed E-state index contributed by atoms with van der Waals surface area (Å²) in [6.07, 6.45) is 12.2. The average Bonchev–Trinajstić information content (AvgIpc) is 3.44. The van der Waals surface area contributed by atoms with Crippen molar-refractivity contribution >= 4 is 0 Å². The van der Waals surface area contributed by atoms with E-state index in [0.717, 1.165) is 18.0 Å².